The van der Waals surface area contributed by atoms with E-state index in [9.17, 15) is 4.79 Å². The Morgan fingerprint density at radius 1 is 1.26 bits per heavy atom. The van der Waals surface area contributed by atoms with E-state index in [0.29, 0.717) is 11.8 Å². The molecule has 0 saturated heterocycles. The lowest BCUT2D eigenvalue weighted by atomic mass is 10.1. The van der Waals surface area contributed by atoms with E-state index in [0.717, 1.165) is 24.2 Å². The van der Waals surface area contributed by atoms with E-state index in [1.165, 1.54) is 19.3 Å². The van der Waals surface area contributed by atoms with Gasteiger partial charge in [0.2, 0.25) is 5.01 Å². The minimum atomic E-state index is -0.439. The van der Waals surface area contributed by atoms with Crippen LogP contribution in [-0.2, 0) is 4.74 Å². The van der Waals surface area contributed by atoms with Crippen LogP contribution in [0.3, 0.4) is 0 Å². The number of rotatable bonds is 9. The molecule has 1 aromatic heterocycles. The summed E-state index contributed by atoms with van der Waals surface area (Å²) in [6.07, 6.45) is 5.97. The molecule has 0 N–H and O–H groups in total. The number of unbranched alkanes of at least 4 members (excludes halogenated alkanes) is 3. The molecule has 1 heterocycles. The molecule has 1 aromatic rings. The fourth-order valence-electron chi connectivity index (χ4n) is 1.62. The van der Waals surface area contributed by atoms with Crippen LogP contribution in [0.5, 0.6) is 5.19 Å². The van der Waals surface area contributed by atoms with Gasteiger partial charge in [0.15, 0.2) is 0 Å². The molecular formula is C13H22N2O3S. The Bertz CT molecular complexity index is 382. The van der Waals surface area contributed by atoms with Crippen LogP contribution in [0.2, 0.25) is 0 Å². The van der Waals surface area contributed by atoms with Crippen molar-refractivity contribution in [1.82, 2.24) is 10.2 Å². The molecule has 0 saturated carbocycles. The van der Waals surface area contributed by atoms with Gasteiger partial charge in [-0.2, -0.15) is 0 Å². The first-order chi connectivity index (χ1) is 9.17. The molecule has 0 amide bonds. The van der Waals surface area contributed by atoms with Crippen LogP contribution in [-0.4, -0.2) is 28.9 Å². The summed E-state index contributed by atoms with van der Waals surface area (Å²) in [4.78, 5) is 11.4. The SMILES string of the molecule is CCCCCCC(C)Oc1nnc(C(=O)OCC)s1. The van der Waals surface area contributed by atoms with Crippen LogP contribution >= 0.6 is 11.3 Å². The topological polar surface area (TPSA) is 61.3 Å². The summed E-state index contributed by atoms with van der Waals surface area (Å²) in [7, 11) is 0. The second kappa shape index (κ2) is 8.85. The summed E-state index contributed by atoms with van der Waals surface area (Å²) in [5.74, 6) is -0.439. The van der Waals surface area contributed by atoms with E-state index in [1.807, 2.05) is 6.92 Å². The molecule has 0 spiro atoms. The second-order valence-corrected chi connectivity index (χ2v) is 5.31. The van der Waals surface area contributed by atoms with Crippen LogP contribution in [0, 0.1) is 0 Å². The number of ether oxygens (including phenoxy) is 2. The Morgan fingerprint density at radius 2 is 2.05 bits per heavy atom. The third-order valence-electron chi connectivity index (χ3n) is 2.62. The maximum Gasteiger partial charge on any atom is 0.369 e. The van der Waals surface area contributed by atoms with E-state index in [-0.39, 0.29) is 11.1 Å². The first kappa shape index (κ1) is 15.9. The monoisotopic (exact) mass is 286 g/mol. The predicted molar refractivity (Wildman–Crippen MR) is 74.7 cm³/mol. The molecule has 0 aliphatic rings. The highest BCUT2D eigenvalue weighted by atomic mass is 32.1. The zero-order chi connectivity index (χ0) is 14.1. The number of aromatic nitrogens is 2. The van der Waals surface area contributed by atoms with Crippen LogP contribution in [0.1, 0.15) is 62.7 Å². The number of carbonyl (C=O) groups excluding carboxylic acids is 1. The molecule has 108 valence electrons. The first-order valence-corrected chi connectivity index (χ1v) is 7.66. The molecule has 5 nitrogen and oxygen atoms in total. The number of carbonyl (C=O) groups is 1. The molecular weight excluding hydrogens is 264 g/mol. The summed E-state index contributed by atoms with van der Waals surface area (Å²) < 4.78 is 10.5. The summed E-state index contributed by atoms with van der Waals surface area (Å²) >= 11 is 1.13. The van der Waals surface area contributed by atoms with Crippen LogP contribution in [0.25, 0.3) is 0 Å². The van der Waals surface area contributed by atoms with Crippen molar-refractivity contribution < 1.29 is 14.3 Å². The quantitative estimate of drug-likeness (QED) is 0.514. The first-order valence-electron chi connectivity index (χ1n) is 6.84. The Hall–Kier alpha value is -1.17. The second-order valence-electron chi connectivity index (χ2n) is 4.37. The van der Waals surface area contributed by atoms with Crippen molar-refractivity contribution in [2.24, 2.45) is 0 Å². The molecule has 0 aromatic carbocycles. The van der Waals surface area contributed by atoms with Gasteiger partial charge in [-0.15, -0.1) is 5.10 Å². The molecule has 0 fully saturated rings. The van der Waals surface area contributed by atoms with Crippen molar-refractivity contribution in [1.29, 1.82) is 0 Å². The molecule has 0 aliphatic carbocycles. The largest absolute Gasteiger partial charge is 0.466 e. The van der Waals surface area contributed by atoms with Crippen LogP contribution < -0.4 is 4.74 Å². The number of esters is 1. The lowest BCUT2D eigenvalue weighted by molar-refractivity contribution is 0.0525. The average molecular weight is 286 g/mol. The Labute approximate surface area is 118 Å². The van der Waals surface area contributed by atoms with Gasteiger partial charge >= 0.3 is 5.97 Å². The Balaban J connectivity index is 2.34. The normalized spacial score (nSPS) is 12.2. The molecule has 1 rings (SSSR count). The van der Waals surface area contributed by atoms with Crippen molar-refractivity contribution in [3.05, 3.63) is 5.01 Å². The summed E-state index contributed by atoms with van der Waals surface area (Å²) in [6, 6.07) is 0. The molecule has 0 aliphatic heterocycles. The van der Waals surface area contributed by atoms with E-state index >= 15 is 0 Å². The fraction of sp³-hybridized carbons (Fsp3) is 0.769. The van der Waals surface area contributed by atoms with Crippen molar-refractivity contribution in [3.63, 3.8) is 0 Å². The van der Waals surface area contributed by atoms with Gasteiger partial charge in [0.1, 0.15) is 0 Å². The zero-order valence-electron chi connectivity index (χ0n) is 11.8. The smallest absolute Gasteiger partial charge is 0.369 e. The Morgan fingerprint density at radius 3 is 2.74 bits per heavy atom. The van der Waals surface area contributed by atoms with E-state index in [1.54, 1.807) is 6.92 Å². The average Bonchev–Trinajstić information content (AvgIpc) is 2.83. The number of nitrogens with zero attached hydrogens (tertiary/aromatic N) is 2. The van der Waals surface area contributed by atoms with Crippen molar-refractivity contribution in [3.8, 4) is 5.19 Å². The standard InChI is InChI=1S/C13H22N2O3S/c1-4-6-7-8-9-10(3)18-13-15-14-11(19-13)12(16)17-5-2/h10H,4-9H2,1-3H3. The number of hydrogen-bond acceptors (Lipinski definition) is 6. The highest BCUT2D eigenvalue weighted by molar-refractivity contribution is 7.14. The highest BCUT2D eigenvalue weighted by Gasteiger charge is 2.15. The number of hydrogen-bond donors (Lipinski definition) is 0. The minimum Gasteiger partial charge on any atom is -0.466 e. The predicted octanol–water partition coefficient (Wildman–Crippen LogP) is 3.45. The summed E-state index contributed by atoms with van der Waals surface area (Å²) in [6.45, 7) is 6.30. The molecule has 1 unspecified atom stereocenters. The highest BCUT2D eigenvalue weighted by Crippen LogP contribution is 2.21. The van der Waals surface area contributed by atoms with Gasteiger partial charge in [0.25, 0.3) is 5.19 Å². The van der Waals surface area contributed by atoms with Gasteiger partial charge < -0.3 is 9.47 Å². The molecule has 0 radical (unpaired) electrons. The van der Waals surface area contributed by atoms with E-state index in [2.05, 4.69) is 17.1 Å². The van der Waals surface area contributed by atoms with E-state index in [4.69, 9.17) is 9.47 Å². The van der Waals surface area contributed by atoms with Gasteiger partial charge in [-0.05, 0) is 38.0 Å². The van der Waals surface area contributed by atoms with Gasteiger partial charge in [-0.1, -0.05) is 31.3 Å². The molecule has 0 bridgehead atoms. The molecule has 6 heteroatoms. The van der Waals surface area contributed by atoms with Gasteiger partial charge in [0.05, 0.1) is 12.7 Å². The van der Waals surface area contributed by atoms with Gasteiger partial charge in [-0.3, -0.25) is 0 Å². The third kappa shape index (κ3) is 6.00. The minimum absolute atomic E-state index is 0.0971. The van der Waals surface area contributed by atoms with Gasteiger partial charge in [0, 0.05) is 0 Å². The van der Waals surface area contributed by atoms with Crippen molar-refractivity contribution in [2.75, 3.05) is 6.61 Å². The fourth-order valence-corrected chi connectivity index (χ4v) is 2.31. The van der Waals surface area contributed by atoms with Crippen molar-refractivity contribution >= 4 is 17.3 Å². The van der Waals surface area contributed by atoms with Gasteiger partial charge in [-0.25, -0.2) is 4.79 Å². The van der Waals surface area contributed by atoms with Crippen LogP contribution in [0.4, 0.5) is 0 Å². The van der Waals surface area contributed by atoms with Crippen molar-refractivity contribution in [2.45, 2.75) is 59.0 Å². The van der Waals surface area contributed by atoms with Crippen LogP contribution in [0.15, 0.2) is 0 Å². The molecule has 19 heavy (non-hydrogen) atoms. The maximum absolute atomic E-state index is 11.4. The lowest BCUT2D eigenvalue weighted by Crippen LogP contribution is -2.11. The zero-order valence-corrected chi connectivity index (χ0v) is 12.7. The third-order valence-corrected chi connectivity index (χ3v) is 3.42. The lowest BCUT2D eigenvalue weighted by Gasteiger charge is -2.10. The Kier molecular flexibility index (Phi) is 7.40. The maximum atomic E-state index is 11.4. The summed E-state index contributed by atoms with van der Waals surface area (Å²) in [5.41, 5.74) is 0. The summed E-state index contributed by atoms with van der Waals surface area (Å²) in [5, 5.41) is 8.30. The molecule has 1 atom stereocenters. The van der Waals surface area contributed by atoms with E-state index < -0.39 is 5.97 Å².